The van der Waals surface area contributed by atoms with Crippen molar-refractivity contribution in [1.29, 1.82) is 0 Å². The Labute approximate surface area is 175 Å². The minimum atomic E-state index is -4.91. The highest BCUT2D eigenvalue weighted by Crippen LogP contribution is 2.39. The Hall–Kier alpha value is -2.68. The first kappa shape index (κ1) is 23.0. The Kier molecular flexibility index (Phi) is 6.27. The average Bonchev–Trinajstić information content (AvgIpc) is 2.72. The molecule has 3 rings (SSSR count). The van der Waals surface area contributed by atoms with Crippen molar-refractivity contribution in [2.24, 2.45) is 5.73 Å². The lowest BCUT2D eigenvalue weighted by molar-refractivity contribution is -0.143. The minimum absolute atomic E-state index is 0.0273. The Morgan fingerprint density at radius 2 is 1.58 bits per heavy atom. The number of alkyl halides is 6. The summed E-state index contributed by atoms with van der Waals surface area (Å²) in [5.74, 6) is 0. The molecule has 0 fully saturated rings. The molecule has 2 aromatic carbocycles. The molecule has 3 N–H and O–H groups in total. The Balaban J connectivity index is 1.89. The van der Waals surface area contributed by atoms with E-state index in [9.17, 15) is 26.3 Å². The van der Waals surface area contributed by atoms with E-state index < -0.39 is 35.1 Å². The van der Waals surface area contributed by atoms with Gasteiger partial charge in [-0.2, -0.15) is 26.3 Å². The van der Waals surface area contributed by atoms with Gasteiger partial charge >= 0.3 is 12.4 Å². The van der Waals surface area contributed by atoms with Crippen LogP contribution in [0.3, 0.4) is 0 Å². The zero-order chi connectivity index (χ0) is 22.9. The number of nitrogens with one attached hydrogen (secondary N) is 1. The smallest absolute Gasteiger partial charge is 0.401 e. The van der Waals surface area contributed by atoms with Crippen LogP contribution in [0.1, 0.15) is 48.1 Å². The second kappa shape index (κ2) is 8.45. The van der Waals surface area contributed by atoms with Gasteiger partial charge in [0.1, 0.15) is 0 Å². The quantitative estimate of drug-likeness (QED) is 0.566. The lowest BCUT2D eigenvalue weighted by Crippen LogP contribution is -2.46. The summed E-state index contributed by atoms with van der Waals surface area (Å²) in [7, 11) is 0. The van der Waals surface area contributed by atoms with Crippen LogP contribution >= 0.6 is 0 Å². The monoisotopic (exact) mass is 444 g/mol. The molecule has 0 aromatic heterocycles. The van der Waals surface area contributed by atoms with Gasteiger partial charge in [0.2, 0.25) is 0 Å². The van der Waals surface area contributed by atoms with Crippen molar-refractivity contribution in [2.75, 3.05) is 6.61 Å². The van der Waals surface area contributed by atoms with Crippen LogP contribution in [0.5, 0.6) is 0 Å². The van der Waals surface area contributed by atoms with E-state index in [0.717, 1.165) is 5.56 Å². The van der Waals surface area contributed by atoms with Crippen molar-refractivity contribution in [1.82, 2.24) is 5.32 Å². The summed E-state index contributed by atoms with van der Waals surface area (Å²) in [6.07, 6.45) is -8.04. The topological polar surface area (TPSA) is 47.3 Å². The van der Waals surface area contributed by atoms with Crippen molar-refractivity contribution >= 4 is 0 Å². The van der Waals surface area contributed by atoms with Gasteiger partial charge in [-0.1, -0.05) is 30.3 Å². The van der Waals surface area contributed by atoms with Crippen LogP contribution in [0.2, 0.25) is 0 Å². The first-order chi connectivity index (χ1) is 14.4. The van der Waals surface area contributed by atoms with E-state index in [2.05, 4.69) is 5.32 Å². The number of hydrogen-bond acceptors (Lipinski definition) is 3. The lowest BCUT2D eigenvalue weighted by Gasteiger charge is -2.38. The Morgan fingerprint density at radius 1 is 1.00 bits per heavy atom. The largest absolute Gasteiger partial charge is 0.416 e. The molecule has 31 heavy (non-hydrogen) atoms. The second-order valence-electron chi connectivity index (χ2n) is 7.60. The number of halogens is 6. The van der Waals surface area contributed by atoms with Gasteiger partial charge in [-0.05, 0) is 49.1 Å². The van der Waals surface area contributed by atoms with Gasteiger partial charge in [-0.25, -0.2) is 0 Å². The summed E-state index contributed by atoms with van der Waals surface area (Å²) in [5, 5.41) is 3.20. The lowest BCUT2D eigenvalue weighted by atomic mass is 9.84. The molecule has 0 saturated carbocycles. The molecular weight excluding hydrogens is 422 g/mol. The van der Waals surface area contributed by atoms with Crippen LogP contribution in [0.15, 0.2) is 60.4 Å². The van der Waals surface area contributed by atoms with E-state index >= 15 is 0 Å². The fourth-order valence-electron chi connectivity index (χ4n) is 3.49. The predicted octanol–water partition coefficient (Wildman–Crippen LogP) is 5.88. The average molecular weight is 444 g/mol. The minimum Gasteiger partial charge on any atom is -0.401 e. The number of benzene rings is 2. The highest BCUT2D eigenvalue weighted by Gasteiger charge is 2.38. The van der Waals surface area contributed by atoms with E-state index in [1.54, 1.807) is 6.20 Å². The van der Waals surface area contributed by atoms with Crippen LogP contribution in [0.25, 0.3) is 0 Å². The fraction of sp³-hybridized carbons (Fsp3) is 0.364. The normalized spacial score (nSPS) is 20.7. The van der Waals surface area contributed by atoms with Gasteiger partial charge in [-0.15, -0.1) is 0 Å². The highest BCUT2D eigenvalue weighted by atomic mass is 19.4. The zero-order valence-electron chi connectivity index (χ0n) is 16.6. The first-order valence-electron chi connectivity index (χ1n) is 9.59. The van der Waals surface area contributed by atoms with Gasteiger partial charge in [0.05, 0.1) is 29.4 Å². The number of rotatable bonds is 5. The summed E-state index contributed by atoms with van der Waals surface area (Å²) in [6, 6.07) is 10.8. The molecule has 1 aliphatic heterocycles. The molecule has 0 aliphatic carbocycles. The SMILES string of the molecule is C[C@@H](OC[C@@]1(c2ccccc2)CCC(N)=CN1)c1cc(C(F)(F)F)cc(C(F)(F)F)c1. The summed E-state index contributed by atoms with van der Waals surface area (Å²) >= 11 is 0. The molecule has 0 spiro atoms. The van der Waals surface area contributed by atoms with Gasteiger partial charge in [0.15, 0.2) is 0 Å². The van der Waals surface area contributed by atoms with Gasteiger partial charge in [0.25, 0.3) is 0 Å². The first-order valence-corrected chi connectivity index (χ1v) is 9.59. The molecule has 0 bridgehead atoms. The molecule has 2 aromatic rings. The summed E-state index contributed by atoms with van der Waals surface area (Å²) in [5.41, 5.74) is 3.74. The van der Waals surface area contributed by atoms with Gasteiger partial charge in [-0.3, -0.25) is 0 Å². The van der Waals surface area contributed by atoms with E-state index in [1.807, 2.05) is 30.3 Å². The van der Waals surface area contributed by atoms with Crippen molar-refractivity contribution in [3.05, 3.63) is 82.7 Å². The molecular formula is C22H22F6N2O. The maximum absolute atomic E-state index is 13.2. The van der Waals surface area contributed by atoms with E-state index in [-0.39, 0.29) is 18.2 Å². The van der Waals surface area contributed by atoms with Crippen LogP contribution in [-0.4, -0.2) is 6.61 Å². The van der Waals surface area contributed by atoms with Crippen LogP contribution in [0, 0.1) is 0 Å². The highest BCUT2D eigenvalue weighted by molar-refractivity contribution is 5.35. The predicted molar refractivity (Wildman–Crippen MR) is 104 cm³/mol. The molecule has 0 unspecified atom stereocenters. The summed E-state index contributed by atoms with van der Waals surface area (Å²) in [4.78, 5) is 0. The third kappa shape index (κ3) is 5.33. The molecule has 1 heterocycles. The number of allylic oxidation sites excluding steroid dienone is 1. The standard InChI is InChI=1S/C22H22F6N2O/c1-14(15-9-17(21(23,24)25)11-18(10-15)22(26,27)28)31-13-20(8-7-19(29)12-30-20)16-5-3-2-4-6-16/h2-6,9-12,14,30H,7-8,13,29H2,1H3/t14-,20-/m1/s1. The summed E-state index contributed by atoms with van der Waals surface area (Å²) < 4.78 is 84.8. The molecule has 0 saturated heterocycles. The number of nitrogens with two attached hydrogens (primary N) is 1. The molecule has 0 radical (unpaired) electrons. The fourth-order valence-corrected chi connectivity index (χ4v) is 3.49. The number of ether oxygens (including phenoxy) is 1. The van der Waals surface area contributed by atoms with Crippen LogP contribution in [-0.2, 0) is 22.6 Å². The van der Waals surface area contributed by atoms with Crippen LogP contribution in [0.4, 0.5) is 26.3 Å². The van der Waals surface area contributed by atoms with Crippen molar-refractivity contribution in [2.45, 2.75) is 43.8 Å². The van der Waals surface area contributed by atoms with Gasteiger partial charge in [0, 0.05) is 11.9 Å². The summed E-state index contributed by atoms with van der Waals surface area (Å²) in [6.45, 7) is 1.46. The number of hydrogen-bond donors (Lipinski definition) is 2. The third-order valence-corrected chi connectivity index (χ3v) is 5.36. The molecule has 2 atom stereocenters. The maximum atomic E-state index is 13.2. The van der Waals surface area contributed by atoms with Crippen molar-refractivity contribution < 1.29 is 31.1 Å². The second-order valence-corrected chi connectivity index (χ2v) is 7.60. The molecule has 1 aliphatic rings. The molecule has 9 heteroatoms. The van der Waals surface area contributed by atoms with E-state index in [0.29, 0.717) is 30.7 Å². The molecule has 3 nitrogen and oxygen atoms in total. The van der Waals surface area contributed by atoms with Gasteiger partial charge < -0.3 is 15.8 Å². The maximum Gasteiger partial charge on any atom is 0.416 e. The van der Waals surface area contributed by atoms with E-state index in [1.165, 1.54) is 6.92 Å². The Bertz CT molecular complexity index is 907. The Morgan fingerprint density at radius 3 is 2.06 bits per heavy atom. The van der Waals surface area contributed by atoms with Crippen molar-refractivity contribution in [3.8, 4) is 0 Å². The van der Waals surface area contributed by atoms with Crippen molar-refractivity contribution in [3.63, 3.8) is 0 Å². The van der Waals surface area contributed by atoms with Crippen LogP contribution < -0.4 is 11.1 Å². The van der Waals surface area contributed by atoms with E-state index in [4.69, 9.17) is 10.5 Å². The molecule has 0 amide bonds. The molecule has 168 valence electrons. The third-order valence-electron chi connectivity index (χ3n) is 5.36. The zero-order valence-corrected chi connectivity index (χ0v) is 16.6.